The Labute approximate surface area is 188 Å². The van der Waals surface area contributed by atoms with Crippen LogP contribution in [0, 0.1) is 5.82 Å². The van der Waals surface area contributed by atoms with Gasteiger partial charge in [-0.1, -0.05) is 0 Å². The van der Waals surface area contributed by atoms with Gasteiger partial charge in [0, 0.05) is 40.6 Å². The number of hydrogen-bond donors (Lipinski definition) is 2. The van der Waals surface area contributed by atoms with Gasteiger partial charge in [0.15, 0.2) is 17.5 Å². The number of imidazole rings is 1. The molecule has 0 radical (unpaired) electrons. The second-order valence-electron chi connectivity index (χ2n) is 8.15. The third-order valence-corrected chi connectivity index (χ3v) is 5.80. The summed E-state index contributed by atoms with van der Waals surface area (Å²) in [6, 6.07) is 14.7. The Morgan fingerprint density at radius 1 is 1.06 bits per heavy atom. The molecule has 3 heterocycles. The molecule has 0 aliphatic heterocycles. The van der Waals surface area contributed by atoms with Crippen LogP contribution < -0.4 is 10.9 Å². The number of fused-ring (bicyclic) bond motifs is 1. The number of halogens is 1. The zero-order valence-electron chi connectivity index (χ0n) is 17.5. The van der Waals surface area contributed by atoms with Crippen LogP contribution in [0.1, 0.15) is 24.5 Å². The first kappa shape index (κ1) is 19.4. The van der Waals surface area contributed by atoms with Gasteiger partial charge in [-0.2, -0.15) is 0 Å². The van der Waals surface area contributed by atoms with Crippen LogP contribution in [0.2, 0.25) is 0 Å². The molecule has 0 bridgehead atoms. The number of pyridine rings is 1. The second kappa shape index (κ2) is 7.67. The molecule has 0 spiro atoms. The third-order valence-electron chi connectivity index (χ3n) is 5.80. The smallest absolute Gasteiger partial charge is 0.255 e. The minimum atomic E-state index is -0.563. The molecule has 5 aromatic rings. The van der Waals surface area contributed by atoms with E-state index in [1.54, 1.807) is 30.5 Å². The van der Waals surface area contributed by atoms with Gasteiger partial charge in [-0.3, -0.25) is 4.79 Å². The highest BCUT2D eigenvalue weighted by Crippen LogP contribution is 2.39. The van der Waals surface area contributed by atoms with Crippen molar-refractivity contribution < 1.29 is 4.39 Å². The average molecular weight is 438 g/mol. The Balaban J connectivity index is 1.27. The van der Waals surface area contributed by atoms with Gasteiger partial charge >= 0.3 is 0 Å². The summed E-state index contributed by atoms with van der Waals surface area (Å²) in [6.07, 6.45) is 9.06. The minimum Gasteiger partial charge on any atom is -0.338 e. The van der Waals surface area contributed by atoms with Gasteiger partial charge in [0.2, 0.25) is 0 Å². The van der Waals surface area contributed by atoms with E-state index < -0.39 is 5.82 Å². The molecule has 1 saturated carbocycles. The summed E-state index contributed by atoms with van der Waals surface area (Å²) in [7, 11) is 0. The normalized spacial score (nSPS) is 13.4. The van der Waals surface area contributed by atoms with Crippen LogP contribution in [-0.4, -0.2) is 24.5 Å². The van der Waals surface area contributed by atoms with E-state index in [0.29, 0.717) is 22.8 Å². The van der Waals surface area contributed by atoms with Gasteiger partial charge in [-0.15, -0.1) is 0 Å². The molecule has 0 unspecified atom stereocenters. The summed E-state index contributed by atoms with van der Waals surface area (Å²) in [5.41, 5.74) is 3.35. The van der Waals surface area contributed by atoms with E-state index in [1.165, 1.54) is 12.8 Å². The van der Waals surface area contributed by atoms with Crippen molar-refractivity contribution in [2.24, 2.45) is 0 Å². The molecular formula is C25H19FN6O. The van der Waals surface area contributed by atoms with Gasteiger partial charge in [0.1, 0.15) is 0 Å². The van der Waals surface area contributed by atoms with Gasteiger partial charge in [-0.05, 0) is 66.8 Å². The Morgan fingerprint density at radius 2 is 1.91 bits per heavy atom. The number of aromatic amines is 1. The van der Waals surface area contributed by atoms with Gasteiger partial charge < -0.3 is 14.9 Å². The molecule has 1 aliphatic rings. The van der Waals surface area contributed by atoms with Crippen LogP contribution in [0.3, 0.4) is 0 Å². The quantitative estimate of drug-likeness (QED) is 0.406. The van der Waals surface area contributed by atoms with Gasteiger partial charge in [0.25, 0.3) is 5.56 Å². The number of H-pyrrole nitrogens is 1. The predicted molar refractivity (Wildman–Crippen MR) is 124 cm³/mol. The average Bonchev–Trinajstić information content (AvgIpc) is 3.57. The number of nitrogens with zero attached hydrogens (tertiary/aromatic N) is 4. The van der Waals surface area contributed by atoms with Crippen molar-refractivity contribution in [3.63, 3.8) is 0 Å². The summed E-state index contributed by atoms with van der Waals surface area (Å²) in [4.78, 5) is 27.6. The lowest BCUT2D eigenvalue weighted by atomic mass is 10.1. The van der Waals surface area contributed by atoms with Crippen molar-refractivity contribution in [3.8, 4) is 17.1 Å². The molecule has 2 N–H and O–H groups in total. The van der Waals surface area contributed by atoms with Crippen molar-refractivity contribution in [3.05, 3.63) is 95.3 Å². The summed E-state index contributed by atoms with van der Waals surface area (Å²) >= 11 is 0. The fourth-order valence-corrected chi connectivity index (χ4v) is 3.85. The van der Waals surface area contributed by atoms with Crippen LogP contribution >= 0.6 is 0 Å². The maximum Gasteiger partial charge on any atom is 0.255 e. The standard InChI is InChI=1S/C25H19FN6O/c26-21-12-28-23(16-3-6-19(7-4-16)32-13-22(29-14-32)15-1-2-15)31-24(21)30-18-5-8-20-17(11-18)9-10-27-25(20)33/h3-15H,1-2H2,(H,27,33)(H,28,30,31). The third kappa shape index (κ3) is 3.76. The van der Waals surface area contributed by atoms with E-state index in [-0.39, 0.29) is 11.4 Å². The summed E-state index contributed by atoms with van der Waals surface area (Å²) in [5, 5.41) is 4.31. The molecule has 0 amide bonds. The number of aromatic nitrogens is 5. The number of anilines is 2. The number of rotatable bonds is 5. The zero-order valence-corrected chi connectivity index (χ0v) is 17.5. The van der Waals surface area contributed by atoms with Crippen molar-refractivity contribution in [2.75, 3.05) is 5.32 Å². The van der Waals surface area contributed by atoms with Gasteiger partial charge in [-0.25, -0.2) is 19.3 Å². The molecule has 33 heavy (non-hydrogen) atoms. The SMILES string of the molecule is O=c1[nH]ccc2cc(Nc3nc(-c4ccc(-n5cnc(C6CC6)c5)cc4)ncc3F)ccc12. The maximum absolute atomic E-state index is 14.5. The lowest BCUT2D eigenvalue weighted by Crippen LogP contribution is -2.05. The zero-order chi connectivity index (χ0) is 22.4. The van der Waals surface area contributed by atoms with Crippen molar-refractivity contribution in [2.45, 2.75) is 18.8 Å². The van der Waals surface area contributed by atoms with Crippen LogP contribution in [0.4, 0.5) is 15.9 Å². The van der Waals surface area contributed by atoms with Crippen LogP contribution in [-0.2, 0) is 0 Å². The fourth-order valence-electron chi connectivity index (χ4n) is 3.85. The Kier molecular flexibility index (Phi) is 4.50. The lowest BCUT2D eigenvalue weighted by molar-refractivity contribution is 0.619. The highest BCUT2D eigenvalue weighted by Gasteiger charge is 2.25. The topological polar surface area (TPSA) is 88.5 Å². The highest BCUT2D eigenvalue weighted by molar-refractivity contribution is 5.85. The van der Waals surface area contributed by atoms with Crippen LogP contribution in [0.5, 0.6) is 0 Å². The van der Waals surface area contributed by atoms with E-state index in [2.05, 4.69) is 31.4 Å². The fraction of sp³-hybridized carbons (Fsp3) is 0.120. The molecule has 3 aromatic heterocycles. The van der Waals surface area contributed by atoms with E-state index in [1.807, 2.05) is 35.2 Å². The molecule has 1 fully saturated rings. The van der Waals surface area contributed by atoms with Crippen LogP contribution in [0.25, 0.3) is 27.8 Å². The summed E-state index contributed by atoms with van der Waals surface area (Å²) in [6.45, 7) is 0. The second-order valence-corrected chi connectivity index (χ2v) is 8.15. The van der Waals surface area contributed by atoms with Crippen molar-refractivity contribution >= 4 is 22.3 Å². The first-order valence-electron chi connectivity index (χ1n) is 10.7. The molecule has 7 nitrogen and oxygen atoms in total. The molecule has 0 saturated heterocycles. The Hall–Kier alpha value is -4.33. The summed E-state index contributed by atoms with van der Waals surface area (Å²) < 4.78 is 16.5. The van der Waals surface area contributed by atoms with Crippen molar-refractivity contribution in [1.82, 2.24) is 24.5 Å². The van der Waals surface area contributed by atoms with E-state index in [0.717, 1.165) is 28.5 Å². The molecule has 1 aliphatic carbocycles. The maximum atomic E-state index is 14.5. The predicted octanol–water partition coefficient (Wildman–Crippen LogP) is 4.93. The first-order chi connectivity index (χ1) is 16.1. The number of nitrogens with one attached hydrogen (secondary N) is 2. The van der Waals surface area contributed by atoms with E-state index >= 15 is 0 Å². The van der Waals surface area contributed by atoms with Crippen molar-refractivity contribution in [1.29, 1.82) is 0 Å². The first-order valence-corrected chi connectivity index (χ1v) is 10.7. The monoisotopic (exact) mass is 438 g/mol. The Bertz CT molecular complexity index is 1540. The summed E-state index contributed by atoms with van der Waals surface area (Å²) in [5.74, 6) is 0.517. The van der Waals surface area contributed by atoms with E-state index in [9.17, 15) is 9.18 Å². The highest BCUT2D eigenvalue weighted by atomic mass is 19.1. The molecule has 162 valence electrons. The molecule has 0 atom stereocenters. The van der Waals surface area contributed by atoms with Crippen LogP contribution in [0.15, 0.2) is 78.2 Å². The largest absolute Gasteiger partial charge is 0.338 e. The number of benzene rings is 2. The minimum absolute atomic E-state index is 0.0666. The van der Waals surface area contributed by atoms with E-state index in [4.69, 9.17) is 0 Å². The van der Waals surface area contributed by atoms with Gasteiger partial charge in [0.05, 0.1) is 18.2 Å². The molecule has 8 heteroatoms. The number of hydrogen-bond acceptors (Lipinski definition) is 5. The lowest BCUT2D eigenvalue weighted by Gasteiger charge is -2.10. The molecule has 2 aromatic carbocycles. The molecular weight excluding hydrogens is 419 g/mol. The Morgan fingerprint density at radius 3 is 2.73 bits per heavy atom. The molecule has 6 rings (SSSR count).